The van der Waals surface area contributed by atoms with Crippen LogP contribution in [0.15, 0.2) is 81.8 Å². The van der Waals surface area contributed by atoms with E-state index in [9.17, 15) is 0 Å². The Morgan fingerprint density at radius 3 is 2.17 bits per heavy atom. The van der Waals surface area contributed by atoms with Gasteiger partial charge in [-0.15, -0.1) is 0 Å². The molecule has 0 aliphatic rings. The Morgan fingerprint density at radius 2 is 1.46 bits per heavy atom. The summed E-state index contributed by atoms with van der Waals surface area (Å²) in [5, 5.41) is 8.97. The Morgan fingerprint density at radius 1 is 0.771 bits per heavy atom. The maximum absolute atomic E-state index is 6.38. The average Bonchev–Trinajstić information content (AvgIpc) is 3.52. The summed E-state index contributed by atoms with van der Waals surface area (Å²) in [6.45, 7) is 4.05. The third-order valence-electron chi connectivity index (χ3n) is 6.13. The summed E-state index contributed by atoms with van der Waals surface area (Å²) < 4.78 is 11.0. The first-order valence-corrected chi connectivity index (χ1v) is 12.3. The standard InChI is InChI=1S/C29H26ClN3O2/c1-3-4-5-8-20-11-13-21(14-12-20)22-15-17-23(18-16-22)28-31-29(35-33-28)26-19(2)34-32-27(26)24-9-6-7-10-25(24)30/h6-7,9-18H,3-5,8H2,1-2H3. The van der Waals surface area contributed by atoms with Gasteiger partial charge in [0, 0.05) is 11.1 Å². The van der Waals surface area contributed by atoms with E-state index in [1.165, 1.54) is 30.4 Å². The molecule has 6 heteroatoms. The van der Waals surface area contributed by atoms with Crippen LogP contribution in [0.2, 0.25) is 5.02 Å². The molecule has 176 valence electrons. The molecule has 2 heterocycles. The average molecular weight is 484 g/mol. The van der Waals surface area contributed by atoms with Gasteiger partial charge in [-0.2, -0.15) is 4.98 Å². The molecule has 0 bridgehead atoms. The minimum Gasteiger partial charge on any atom is -0.360 e. The molecule has 5 nitrogen and oxygen atoms in total. The number of nitrogens with zero attached hydrogens (tertiary/aromatic N) is 3. The molecular formula is C29H26ClN3O2. The second-order valence-corrected chi connectivity index (χ2v) is 9.00. The normalized spacial score (nSPS) is 11.2. The number of hydrogen-bond donors (Lipinski definition) is 0. The number of rotatable bonds is 8. The van der Waals surface area contributed by atoms with E-state index in [0.29, 0.717) is 33.8 Å². The van der Waals surface area contributed by atoms with Crippen LogP contribution in [-0.2, 0) is 6.42 Å². The van der Waals surface area contributed by atoms with Crippen molar-refractivity contribution in [2.75, 3.05) is 0 Å². The molecule has 0 spiro atoms. The SMILES string of the molecule is CCCCCc1ccc(-c2ccc(-c3noc(-c4c(-c5ccccc5Cl)noc4C)n3)cc2)cc1. The van der Waals surface area contributed by atoms with Gasteiger partial charge in [0.15, 0.2) is 0 Å². The van der Waals surface area contributed by atoms with Gasteiger partial charge in [0.2, 0.25) is 5.82 Å². The molecule has 35 heavy (non-hydrogen) atoms. The second kappa shape index (κ2) is 10.3. The maximum atomic E-state index is 6.38. The predicted octanol–water partition coefficient (Wildman–Crippen LogP) is 8.42. The summed E-state index contributed by atoms with van der Waals surface area (Å²) in [7, 11) is 0. The van der Waals surface area contributed by atoms with Crippen LogP contribution in [-0.4, -0.2) is 15.3 Å². The number of aromatic nitrogens is 3. The molecule has 0 amide bonds. The molecule has 0 atom stereocenters. The number of unbranched alkanes of at least 4 members (excludes halogenated alkanes) is 2. The van der Waals surface area contributed by atoms with Crippen LogP contribution in [0.25, 0.3) is 45.2 Å². The van der Waals surface area contributed by atoms with Gasteiger partial charge in [-0.1, -0.05) is 108 Å². The first kappa shape index (κ1) is 23.1. The van der Waals surface area contributed by atoms with Gasteiger partial charge >= 0.3 is 0 Å². The molecule has 0 fully saturated rings. The Hall–Kier alpha value is -3.70. The summed E-state index contributed by atoms with van der Waals surface area (Å²) in [6.07, 6.45) is 4.90. The third-order valence-corrected chi connectivity index (χ3v) is 6.46. The molecule has 0 radical (unpaired) electrons. The van der Waals surface area contributed by atoms with Crippen LogP contribution in [0, 0.1) is 6.92 Å². The fraction of sp³-hybridized carbons (Fsp3) is 0.207. The first-order valence-electron chi connectivity index (χ1n) is 11.9. The van der Waals surface area contributed by atoms with E-state index in [2.05, 4.69) is 58.6 Å². The summed E-state index contributed by atoms with van der Waals surface area (Å²) in [5.41, 5.74) is 6.57. The maximum Gasteiger partial charge on any atom is 0.264 e. The van der Waals surface area contributed by atoms with Crippen molar-refractivity contribution in [3.05, 3.63) is 89.1 Å². The fourth-order valence-corrected chi connectivity index (χ4v) is 4.38. The predicted molar refractivity (Wildman–Crippen MR) is 139 cm³/mol. The van der Waals surface area contributed by atoms with E-state index in [0.717, 1.165) is 23.1 Å². The van der Waals surface area contributed by atoms with E-state index in [1.807, 2.05) is 43.3 Å². The van der Waals surface area contributed by atoms with E-state index >= 15 is 0 Å². The highest BCUT2D eigenvalue weighted by Crippen LogP contribution is 2.37. The van der Waals surface area contributed by atoms with Crippen LogP contribution >= 0.6 is 11.6 Å². The van der Waals surface area contributed by atoms with Gasteiger partial charge in [-0.05, 0) is 42.5 Å². The highest BCUT2D eigenvalue weighted by molar-refractivity contribution is 6.33. The quantitative estimate of drug-likeness (QED) is 0.207. The van der Waals surface area contributed by atoms with Crippen molar-refractivity contribution in [2.45, 2.75) is 39.5 Å². The lowest BCUT2D eigenvalue weighted by Gasteiger charge is -2.05. The summed E-state index contributed by atoms with van der Waals surface area (Å²) in [4.78, 5) is 4.63. The van der Waals surface area contributed by atoms with Gasteiger partial charge in [-0.3, -0.25) is 0 Å². The zero-order chi connectivity index (χ0) is 24.2. The zero-order valence-corrected chi connectivity index (χ0v) is 20.5. The van der Waals surface area contributed by atoms with E-state index in [-0.39, 0.29) is 0 Å². The Labute approximate surface area is 209 Å². The lowest BCUT2D eigenvalue weighted by Crippen LogP contribution is -1.87. The van der Waals surface area contributed by atoms with Gasteiger partial charge in [0.05, 0.1) is 5.02 Å². The number of aryl methyl sites for hydroxylation is 2. The minimum atomic E-state index is 0.344. The molecule has 0 saturated heterocycles. The van der Waals surface area contributed by atoms with Gasteiger partial charge in [0.25, 0.3) is 5.89 Å². The fourth-order valence-electron chi connectivity index (χ4n) is 4.16. The van der Waals surface area contributed by atoms with E-state index in [1.54, 1.807) is 0 Å². The van der Waals surface area contributed by atoms with Crippen molar-refractivity contribution in [1.82, 2.24) is 15.3 Å². The summed E-state index contributed by atoms with van der Waals surface area (Å²) in [5.74, 6) is 1.43. The lowest BCUT2D eigenvalue weighted by atomic mass is 10.0. The molecule has 0 N–H and O–H groups in total. The van der Waals surface area contributed by atoms with Gasteiger partial charge < -0.3 is 9.05 Å². The Bertz CT molecular complexity index is 1420. The van der Waals surface area contributed by atoms with Crippen molar-refractivity contribution >= 4 is 11.6 Å². The molecule has 5 rings (SSSR count). The van der Waals surface area contributed by atoms with Crippen LogP contribution in [0.3, 0.4) is 0 Å². The van der Waals surface area contributed by atoms with Gasteiger partial charge in [-0.25, -0.2) is 0 Å². The lowest BCUT2D eigenvalue weighted by molar-refractivity contribution is 0.397. The highest BCUT2D eigenvalue weighted by Gasteiger charge is 2.23. The highest BCUT2D eigenvalue weighted by atomic mass is 35.5. The molecule has 5 aromatic rings. The topological polar surface area (TPSA) is 65.0 Å². The molecule has 0 saturated carbocycles. The molecule has 0 aliphatic carbocycles. The smallest absolute Gasteiger partial charge is 0.264 e. The van der Waals surface area contributed by atoms with Crippen LogP contribution in [0.5, 0.6) is 0 Å². The summed E-state index contributed by atoms with van der Waals surface area (Å²) in [6, 6.07) is 24.5. The van der Waals surface area contributed by atoms with Crippen LogP contribution in [0.1, 0.15) is 37.5 Å². The Kier molecular flexibility index (Phi) is 6.77. The van der Waals surface area contributed by atoms with Crippen LogP contribution in [0.4, 0.5) is 0 Å². The second-order valence-electron chi connectivity index (χ2n) is 8.60. The molecule has 0 unspecified atom stereocenters. The van der Waals surface area contributed by atoms with Crippen molar-refractivity contribution in [3.8, 4) is 45.2 Å². The monoisotopic (exact) mass is 483 g/mol. The molecule has 2 aromatic heterocycles. The largest absolute Gasteiger partial charge is 0.360 e. The number of hydrogen-bond acceptors (Lipinski definition) is 5. The number of halogens is 1. The van der Waals surface area contributed by atoms with Crippen molar-refractivity contribution in [3.63, 3.8) is 0 Å². The van der Waals surface area contributed by atoms with Crippen molar-refractivity contribution < 1.29 is 9.05 Å². The first-order chi connectivity index (χ1) is 17.1. The van der Waals surface area contributed by atoms with E-state index < -0.39 is 0 Å². The summed E-state index contributed by atoms with van der Waals surface area (Å²) >= 11 is 6.38. The van der Waals surface area contributed by atoms with Crippen LogP contribution < -0.4 is 0 Å². The number of benzene rings is 3. The molecule has 0 aliphatic heterocycles. The Balaban J connectivity index is 1.37. The van der Waals surface area contributed by atoms with E-state index in [4.69, 9.17) is 20.6 Å². The minimum absolute atomic E-state index is 0.344. The van der Waals surface area contributed by atoms with Crippen molar-refractivity contribution in [1.29, 1.82) is 0 Å². The van der Waals surface area contributed by atoms with Crippen molar-refractivity contribution in [2.24, 2.45) is 0 Å². The molecular weight excluding hydrogens is 458 g/mol. The third kappa shape index (κ3) is 4.91. The molecule has 3 aromatic carbocycles. The zero-order valence-electron chi connectivity index (χ0n) is 19.8. The van der Waals surface area contributed by atoms with Gasteiger partial charge in [0.1, 0.15) is 17.0 Å².